The van der Waals surface area contributed by atoms with Crippen LogP contribution in [-0.2, 0) is 28.3 Å². The Morgan fingerprint density at radius 3 is 2.62 bits per heavy atom. The Kier molecular flexibility index (Phi) is 8.44. The molecule has 0 aliphatic carbocycles. The number of oxime groups is 1. The lowest BCUT2D eigenvalue weighted by molar-refractivity contribution is -0.0800. The number of aromatic nitrogens is 1. The standard InChI is InChI=1S/C29H30F3N3O4/c30-8-13-37-27-16-21(28(34-39-14-12-36)20-3-4-25(31)26(32)15-20)1-2-22(27)18-35-10-6-29(7-11-35)24-17-33-9-5-23(24)19-38-29/h1-5,9,15-17,36H,6-8,10-14,18-19H2/b34-28+. The number of halogens is 3. The zero-order valence-electron chi connectivity index (χ0n) is 21.4. The summed E-state index contributed by atoms with van der Waals surface area (Å²) in [6.07, 6.45) is 5.37. The van der Waals surface area contributed by atoms with Gasteiger partial charge in [0, 0.05) is 54.3 Å². The molecule has 1 spiro atoms. The molecule has 1 aromatic heterocycles. The summed E-state index contributed by atoms with van der Waals surface area (Å²) in [7, 11) is 0. The highest BCUT2D eigenvalue weighted by atomic mass is 19.2. The Morgan fingerprint density at radius 2 is 1.85 bits per heavy atom. The van der Waals surface area contributed by atoms with Crippen LogP contribution in [0.4, 0.5) is 13.2 Å². The molecule has 1 fully saturated rings. The third-order valence-electron chi connectivity index (χ3n) is 7.17. The monoisotopic (exact) mass is 541 g/mol. The third kappa shape index (κ3) is 5.93. The predicted molar refractivity (Wildman–Crippen MR) is 138 cm³/mol. The van der Waals surface area contributed by atoms with Gasteiger partial charge in [-0.3, -0.25) is 9.88 Å². The van der Waals surface area contributed by atoms with Crippen LogP contribution in [0, 0.1) is 11.6 Å². The van der Waals surface area contributed by atoms with Gasteiger partial charge in [-0.1, -0.05) is 17.3 Å². The molecule has 0 saturated carbocycles. The first-order valence-corrected chi connectivity index (χ1v) is 12.9. The van der Waals surface area contributed by atoms with Gasteiger partial charge in [-0.2, -0.15) is 0 Å². The van der Waals surface area contributed by atoms with Crippen LogP contribution < -0.4 is 4.74 Å². The molecule has 39 heavy (non-hydrogen) atoms. The molecule has 1 N–H and O–H groups in total. The Balaban J connectivity index is 1.37. The minimum absolute atomic E-state index is 0.0723. The number of ether oxygens (including phenoxy) is 2. The van der Waals surface area contributed by atoms with Gasteiger partial charge in [0.1, 0.15) is 31.3 Å². The van der Waals surface area contributed by atoms with Crippen molar-refractivity contribution in [3.8, 4) is 5.75 Å². The number of hydrogen-bond acceptors (Lipinski definition) is 7. The number of fused-ring (bicyclic) bond motifs is 2. The van der Waals surface area contributed by atoms with Crippen LogP contribution >= 0.6 is 0 Å². The second kappa shape index (κ2) is 12.1. The van der Waals surface area contributed by atoms with E-state index in [-0.39, 0.29) is 36.7 Å². The van der Waals surface area contributed by atoms with E-state index >= 15 is 0 Å². The first-order valence-electron chi connectivity index (χ1n) is 12.9. The molecule has 2 aromatic carbocycles. The fraction of sp³-hybridized carbons (Fsp3) is 0.379. The van der Waals surface area contributed by atoms with Gasteiger partial charge in [0.05, 0.1) is 18.8 Å². The highest BCUT2D eigenvalue weighted by molar-refractivity contribution is 6.12. The van der Waals surface area contributed by atoms with Crippen molar-refractivity contribution in [3.05, 3.63) is 94.3 Å². The summed E-state index contributed by atoms with van der Waals surface area (Å²) >= 11 is 0. The lowest BCUT2D eigenvalue weighted by Crippen LogP contribution is -2.42. The summed E-state index contributed by atoms with van der Waals surface area (Å²) in [6.45, 7) is 1.66. The summed E-state index contributed by atoms with van der Waals surface area (Å²) in [5.74, 6) is -1.54. The second-order valence-corrected chi connectivity index (χ2v) is 9.58. The Labute approximate surface area is 224 Å². The van der Waals surface area contributed by atoms with E-state index in [1.54, 1.807) is 18.3 Å². The number of hydrogen-bond donors (Lipinski definition) is 1. The first kappa shape index (κ1) is 27.1. The normalized spacial score (nSPS) is 16.9. The molecule has 7 nitrogen and oxygen atoms in total. The zero-order valence-corrected chi connectivity index (χ0v) is 21.4. The van der Waals surface area contributed by atoms with Crippen LogP contribution in [0.25, 0.3) is 0 Å². The second-order valence-electron chi connectivity index (χ2n) is 9.58. The highest BCUT2D eigenvalue weighted by Crippen LogP contribution is 2.44. The fourth-order valence-corrected chi connectivity index (χ4v) is 5.16. The average molecular weight is 542 g/mol. The van der Waals surface area contributed by atoms with Crippen molar-refractivity contribution in [3.63, 3.8) is 0 Å². The summed E-state index contributed by atoms with van der Waals surface area (Å²) < 4.78 is 52.7. The van der Waals surface area contributed by atoms with Gasteiger partial charge in [-0.25, -0.2) is 13.2 Å². The fourth-order valence-electron chi connectivity index (χ4n) is 5.16. The summed E-state index contributed by atoms with van der Waals surface area (Å²) in [6, 6.07) is 10.8. The largest absolute Gasteiger partial charge is 0.491 e. The van der Waals surface area contributed by atoms with Crippen molar-refractivity contribution in [1.29, 1.82) is 0 Å². The van der Waals surface area contributed by atoms with Gasteiger partial charge in [-0.15, -0.1) is 0 Å². The molecule has 3 aromatic rings. The van der Waals surface area contributed by atoms with Gasteiger partial charge >= 0.3 is 0 Å². The Bertz CT molecular complexity index is 1330. The lowest BCUT2D eigenvalue weighted by Gasteiger charge is -2.39. The third-order valence-corrected chi connectivity index (χ3v) is 7.17. The summed E-state index contributed by atoms with van der Waals surface area (Å²) in [5.41, 5.74) is 3.94. The van der Waals surface area contributed by atoms with E-state index in [4.69, 9.17) is 19.4 Å². The van der Waals surface area contributed by atoms with Crippen LogP contribution in [-0.4, -0.2) is 60.3 Å². The van der Waals surface area contributed by atoms with E-state index in [0.29, 0.717) is 24.5 Å². The van der Waals surface area contributed by atoms with Gasteiger partial charge in [0.25, 0.3) is 0 Å². The molecule has 2 aliphatic heterocycles. The van der Waals surface area contributed by atoms with Crippen LogP contribution in [0.3, 0.4) is 0 Å². The number of rotatable bonds is 10. The number of aliphatic hydroxyl groups excluding tert-OH is 1. The minimum Gasteiger partial charge on any atom is -0.491 e. The topological polar surface area (TPSA) is 76.4 Å². The van der Waals surface area contributed by atoms with Gasteiger partial charge in [-0.05, 0) is 48.7 Å². The molecule has 0 amide bonds. The van der Waals surface area contributed by atoms with Crippen molar-refractivity contribution >= 4 is 5.71 Å². The van der Waals surface area contributed by atoms with E-state index in [2.05, 4.69) is 15.0 Å². The molecule has 0 radical (unpaired) electrons. The molecule has 5 rings (SSSR count). The number of nitrogens with zero attached hydrogens (tertiary/aromatic N) is 3. The van der Waals surface area contributed by atoms with Crippen LogP contribution in [0.5, 0.6) is 5.75 Å². The molecule has 0 bridgehead atoms. The van der Waals surface area contributed by atoms with Crippen molar-refractivity contribution in [2.75, 3.05) is 39.6 Å². The summed E-state index contributed by atoms with van der Waals surface area (Å²) in [4.78, 5) is 11.8. The predicted octanol–water partition coefficient (Wildman–Crippen LogP) is 4.49. The maximum absolute atomic E-state index is 14.0. The van der Waals surface area contributed by atoms with Crippen LogP contribution in [0.15, 0.2) is 60.0 Å². The molecule has 0 atom stereocenters. The van der Waals surface area contributed by atoms with Gasteiger partial charge in [0.2, 0.25) is 0 Å². The Morgan fingerprint density at radius 1 is 1.05 bits per heavy atom. The number of piperidine rings is 1. The average Bonchev–Trinajstić information content (AvgIpc) is 3.31. The number of alkyl halides is 1. The maximum Gasteiger partial charge on any atom is 0.159 e. The minimum atomic E-state index is -1.03. The first-order chi connectivity index (χ1) is 19.0. The van der Waals surface area contributed by atoms with Crippen molar-refractivity contribution in [2.45, 2.75) is 31.6 Å². The maximum atomic E-state index is 14.0. The van der Waals surface area contributed by atoms with E-state index in [0.717, 1.165) is 43.6 Å². The number of benzene rings is 2. The quantitative estimate of drug-likeness (QED) is 0.232. The van der Waals surface area contributed by atoms with E-state index in [9.17, 15) is 13.2 Å². The Hall–Kier alpha value is -3.47. The molecule has 1 saturated heterocycles. The molecule has 10 heteroatoms. The molecular weight excluding hydrogens is 511 g/mol. The number of pyridine rings is 1. The summed E-state index contributed by atoms with van der Waals surface area (Å²) in [5, 5.41) is 13.1. The zero-order chi connectivity index (χ0) is 27.2. The van der Waals surface area contributed by atoms with Crippen molar-refractivity contribution in [1.82, 2.24) is 9.88 Å². The van der Waals surface area contributed by atoms with E-state index in [1.165, 1.54) is 17.2 Å². The molecular formula is C29H30F3N3O4. The van der Waals surface area contributed by atoms with Gasteiger partial charge < -0.3 is 19.4 Å². The van der Waals surface area contributed by atoms with Crippen molar-refractivity contribution in [2.24, 2.45) is 5.16 Å². The van der Waals surface area contributed by atoms with Gasteiger partial charge in [0.15, 0.2) is 11.6 Å². The molecule has 3 heterocycles. The number of aliphatic hydroxyl groups is 1. The number of likely N-dealkylation sites (tertiary alicyclic amines) is 1. The van der Waals surface area contributed by atoms with Crippen molar-refractivity contribution < 1.29 is 32.6 Å². The van der Waals surface area contributed by atoms with E-state index in [1.807, 2.05) is 18.3 Å². The highest BCUT2D eigenvalue weighted by Gasteiger charge is 2.42. The van der Waals surface area contributed by atoms with Crippen LogP contribution in [0.1, 0.15) is 40.7 Å². The van der Waals surface area contributed by atoms with Crippen LogP contribution in [0.2, 0.25) is 0 Å². The smallest absolute Gasteiger partial charge is 0.159 e. The molecule has 0 unspecified atom stereocenters. The SMILES string of the molecule is OCCO/N=C(\c1ccc(F)c(F)c1)c1ccc(CN2CCC3(CC2)OCc2ccncc23)c(OCCF)c1. The molecule has 206 valence electrons. The lowest BCUT2D eigenvalue weighted by atomic mass is 9.84. The molecule has 2 aliphatic rings. The van der Waals surface area contributed by atoms with E-state index < -0.39 is 18.3 Å².